The first-order valence-electron chi connectivity index (χ1n) is 10.5. The molecule has 0 bridgehead atoms. The molecule has 0 spiro atoms. The van der Waals surface area contributed by atoms with E-state index < -0.39 is 0 Å². The van der Waals surface area contributed by atoms with Gasteiger partial charge in [0.15, 0.2) is 0 Å². The van der Waals surface area contributed by atoms with Crippen LogP contribution in [0.5, 0.6) is 0 Å². The number of hydrogen-bond donors (Lipinski definition) is 0. The third-order valence-corrected chi connectivity index (χ3v) is 6.57. The molecule has 138 valence electrons. The van der Waals surface area contributed by atoms with E-state index in [0.717, 1.165) is 0 Å². The highest BCUT2D eigenvalue weighted by Crippen LogP contribution is 2.50. The first kappa shape index (κ1) is 16.0. The summed E-state index contributed by atoms with van der Waals surface area (Å²) < 4.78 is 0. The van der Waals surface area contributed by atoms with E-state index in [1.54, 1.807) is 0 Å². The second-order valence-electron chi connectivity index (χ2n) is 8.16. The van der Waals surface area contributed by atoms with Crippen LogP contribution >= 0.6 is 0 Å². The fourth-order valence-electron chi connectivity index (χ4n) is 5.25. The Morgan fingerprint density at radius 3 is 1.93 bits per heavy atom. The van der Waals surface area contributed by atoms with E-state index in [2.05, 4.69) is 109 Å². The van der Waals surface area contributed by atoms with Crippen LogP contribution in [0.25, 0.3) is 65.7 Å². The molecule has 1 aliphatic carbocycles. The van der Waals surface area contributed by atoms with Crippen LogP contribution in [0.15, 0.2) is 109 Å². The molecule has 0 radical (unpaired) electrons. The van der Waals surface area contributed by atoms with Crippen molar-refractivity contribution in [1.82, 2.24) is 0 Å². The summed E-state index contributed by atoms with van der Waals surface area (Å²) in [7, 11) is 0. The molecule has 6 aromatic rings. The maximum atomic E-state index is 2.39. The summed E-state index contributed by atoms with van der Waals surface area (Å²) >= 11 is 0. The van der Waals surface area contributed by atoms with Crippen LogP contribution in [-0.2, 0) is 0 Å². The lowest BCUT2D eigenvalue weighted by Crippen LogP contribution is -1.84. The molecule has 0 fully saturated rings. The molecule has 6 aromatic carbocycles. The lowest BCUT2D eigenvalue weighted by atomic mass is 9.91. The van der Waals surface area contributed by atoms with Crippen molar-refractivity contribution in [2.75, 3.05) is 0 Å². The molecule has 0 aromatic heterocycles. The lowest BCUT2D eigenvalue weighted by Gasteiger charge is -2.12. The third kappa shape index (κ3) is 2.06. The highest BCUT2D eigenvalue weighted by molar-refractivity contribution is 6.28. The lowest BCUT2D eigenvalue weighted by molar-refractivity contribution is 1.65. The van der Waals surface area contributed by atoms with Crippen LogP contribution in [0.2, 0.25) is 0 Å². The summed E-state index contributed by atoms with van der Waals surface area (Å²) in [5, 5.41) is 8.04. The molecule has 0 N–H and O–H groups in total. The first-order chi connectivity index (χ1) is 14.9. The molecule has 0 heterocycles. The fraction of sp³-hybridized carbons (Fsp3) is 0. The van der Waals surface area contributed by atoms with Gasteiger partial charge < -0.3 is 0 Å². The molecule has 1 aliphatic rings. The minimum atomic E-state index is 1.26. The molecular formula is C30H18. The van der Waals surface area contributed by atoms with Crippen molar-refractivity contribution in [3.05, 3.63) is 109 Å². The van der Waals surface area contributed by atoms with Gasteiger partial charge in [0, 0.05) is 0 Å². The van der Waals surface area contributed by atoms with E-state index in [9.17, 15) is 0 Å². The number of rotatable bonds is 1. The molecule has 0 nitrogen and oxygen atoms in total. The Kier molecular flexibility index (Phi) is 3.09. The number of benzene rings is 6. The largest absolute Gasteiger partial charge is 0.0622 e. The van der Waals surface area contributed by atoms with Crippen molar-refractivity contribution in [2.24, 2.45) is 0 Å². The summed E-state index contributed by atoms with van der Waals surface area (Å²) in [6.45, 7) is 0. The van der Waals surface area contributed by atoms with Crippen molar-refractivity contribution >= 4 is 32.3 Å². The van der Waals surface area contributed by atoms with Gasteiger partial charge in [-0.25, -0.2) is 0 Å². The van der Waals surface area contributed by atoms with Crippen LogP contribution in [0.3, 0.4) is 0 Å². The maximum absolute atomic E-state index is 2.39. The van der Waals surface area contributed by atoms with Crippen molar-refractivity contribution < 1.29 is 0 Å². The summed E-state index contributed by atoms with van der Waals surface area (Å²) in [5.41, 5.74) is 7.95. The Morgan fingerprint density at radius 1 is 0.333 bits per heavy atom. The standard InChI is InChI=1S/C30H18/c1-2-7-19(8-3-1)20-15-16-23-21(17-20)13-14-22-18-28-25-10-5-4-9-24(25)26-11-6-12-27(29(22)23)30(26)28/h1-18H. The van der Waals surface area contributed by atoms with Gasteiger partial charge in [-0.05, 0) is 77.8 Å². The zero-order valence-corrected chi connectivity index (χ0v) is 16.4. The fourth-order valence-corrected chi connectivity index (χ4v) is 5.25. The zero-order valence-electron chi connectivity index (χ0n) is 16.4. The van der Waals surface area contributed by atoms with Gasteiger partial charge >= 0.3 is 0 Å². The highest BCUT2D eigenvalue weighted by atomic mass is 14.2. The number of fused-ring (bicyclic) bond motifs is 7. The normalized spacial score (nSPS) is 12.0. The van der Waals surface area contributed by atoms with Gasteiger partial charge in [0.05, 0.1) is 0 Å². The van der Waals surface area contributed by atoms with Gasteiger partial charge in [0.25, 0.3) is 0 Å². The molecule has 0 amide bonds. The van der Waals surface area contributed by atoms with Crippen LogP contribution < -0.4 is 0 Å². The van der Waals surface area contributed by atoms with Gasteiger partial charge in [-0.3, -0.25) is 0 Å². The monoisotopic (exact) mass is 378 g/mol. The molecule has 0 saturated heterocycles. The first-order valence-corrected chi connectivity index (χ1v) is 10.5. The van der Waals surface area contributed by atoms with Crippen LogP contribution in [0, 0.1) is 0 Å². The highest BCUT2D eigenvalue weighted by Gasteiger charge is 2.22. The molecule has 0 aliphatic heterocycles. The molecule has 0 saturated carbocycles. The predicted octanol–water partition coefficient (Wildman–Crippen LogP) is 8.46. The summed E-state index contributed by atoms with van der Waals surface area (Å²) in [6.07, 6.45) is 0. The van der Waals surface area contributed by atoms with E-state index >= 15 is 0 Å². The molecule has 0 heteroatoms. The SMILES string of the molecule is c1ccc(-c2ccc3c(ccc4cc5c6c(cccc6c43)-c3ccccc3-5)c2)cc1. The van der Waals surface area contributed by atoms with Crippen molar-refractivity contribution in [2.45, 2.75) is 0 Å². The smallest absolute Gasteiger partial charge is 0.00197 e. The summed E-state index contributed by atoms with van der Waals surface area (Å²) in [6, 6.07) is 40.0. The van der Waals surface area contributed by atoms with E-state index in [1.807, 2.05) is 0 Å². The minimum absolute atomic E-state index is 1.26. The Balaban J connectivity index is 1.60. The van der Waals surface area contributed by atoms with Gasteiger partial charge in [0.1, 0.15) is 0 Å². The topological polar surface area (TPSA) is 0 Å². The Labute approximate surface area is 175 Å². The van der Waals surface area contributed by atoms with Crippen molar-refractivity contribution in [3.63, 3.8) is 0 Å². The van der Waals surface area contributed by atoms with Crippen molar-refractivity contribution in [1.29, 1.82) is 0 Å². The van der Waals surface area contributed by atoms with Crippen LogP contribution in [0.4, 0.5) is 0 Å². The second kappa shape index (κ2) is 5.81. The molecular weight excluding hydrogens is 360 g/mol. The van der Waals surface area contributed by atoms with Crippen LogP contribution in [-0.4, -0.2) is 0 Å². The molecule has 0 atom stereocenters. The minimum Gasteiger partial charge on any atom is -0.0622 e. The van der Waals surface area contributed by atoms with Crippen molar-refractivity contribution in [3.8, 4) is 33.4 Å². The Hall–Kier alpha value is -3.90. The van der Waals surface area contributed by atoms with E-state index in [1.165, 1.54) is 65.7 Å². The molecule has 30 heavy (non-hydrogen) atoms. The number of hydrogen-bond acceptors (Lipinski definition) is 0. The van der Waals surface area contributed by atoms with E-state index in [4.69, 9.17) is 0 Å². The average molecular weight is 378 g/mol. The maximum Gasteiger partial charge on any atom is -0.00197 e. The Morgan fingerprint density at radius 2 is 1.07 bits per heavy atom. The molecule has 7 rings (SSSR count). The average Bonchev–Trinajstić information content (AvgIpc) is 3.14. The van der Waals surface area contributed by atoms with Crippen LogP contribution in [0.1, 0.15) is 0 Å². The Bertz CT molecular complexity index is 1620. The van der Waals surface area contributed by atoms with Gasteiger partial charge in [-0.1, -0.05) is 97.1 Å². The quantitative estimate of drug-likeness (QED) is 0.251. The third-order valence-electron chi connectivity index (χ3n) is 6.57. The molecule has 0 unspecified atom stereocenters. The van der Waals surface area contributed by atoms with E-state index in [-0.39, 0.29) is 0 Å². The van der Waals surface area contributed by atoms with Gasteiger partial charge in [-0.2, -0.15) is 0 Å². The zero-order chi connectivity index (χ0) is 19.7. The van der Waals surface area contributed by atoms with E-state index in [0.29, 0.717) is 0 Å². The van der Waals surface area contributed by atoms with Gasteiger partial charge in [0.2, 0.25) is 0 Å². The predicted molar refractivity (Wildman–Crippen MR) is 129 cm³/mol. The summed E-state index contributed by atoms with van der Waals surface area (Å²) in [5.74, 6) is 0. The van der Waals surface area contributed by atoms with Gasteiger partial charge in [-0.15, -0.1) is 0 Å². The summed E-state index contributed by atoms with van der Waals surface area (Å²) in [4.78, 5) is 0. The second-order valence-corrected chi connectivity index (χ2v) is 8.16.